The maximum Gasteiger partial charge on any atom is 0.250 e. The van der Waals surface area contributed by atoms with Gasteiger partial charge >= 0.3 is 0 Å². The first-order valence-electron chi connectivity index (χ1n) is 9.45. The maximum absolute atomic E-state index is 13.7. The molecule has 0 aliphatic heterocycles. The van der Waals surface area contributed by atoms with Crippen LogP contribution in [0.4, 0.5) is 10.1 Å². The van der Waals surface area contributed by atoms with E-state index in [4.69, 9.17) is 10.5 Å². The molecule has 0 atom stereocenters. The maximum atomic E-state index is 13.7. The van der Waals surface area contributed by atoms with Gasteiger partial charge in [-0.2, -0.15) is 0 Å². The van der Waals surface area contributed by atoms with E-state index in [1.807, 2.05) is 6.92 Å². The molecule has 1 aromatic heterocycles. The molecule has 7 heteroatoms. The Kier molecular flexibility index (Phi) is 6.45. The molecule has 0 unspecified atom stereocenters. The summed E-state index contributed by atoms with van der Waals surface area (Å²) in [7, 11) is 1.46. The Balaban J connectivity index is 1.93. The summed E-state index contributed by atoms with van der Waals surface area (Å²) in [5, 5.41) is 0. The average molecular weight is 419 g/mol. The van der Waals surface area contributed by atoms with Gasteiger partial charge in [-0.25, -0.2) is 9.37 Å². The first kappa shape index (κ1) is 21.7. The first-order chi connectivity index (χ1) is 14.8. The third-order valence-electron chi connectivity index (χ3n) is 4.76. The molecule has 0 bridgehead atoms. The summed E-state index contributed by atoms with van der Waals surface area (Å²) in [5.74, 6) is -0.664. The Hall–Kier alpha value is -4.00. The van der Waals surface area contributed by atoms with Crippen LogP contribution in [0.1, 0.15) is 28.5 Å². The van der Waals surface area contributed by atoms with Crippen LogP contribution in [-0.2, 0) is 11.3 Å². The van der Waals surface area contributed by atoms with Crippen molar-refractivity contribution in [1.29, 1.82) is 0 Å². The Labute approximate surface area is 179 Å². The highest BCUT2D eigenvalue weighted by Gasteiger charge is 2.16. The summed E-state index contributed by atoms with van der Waals surface area (Å²) in [4.78, 5) is 29.4. The number of pyridine rings is 1. The van der Waals surface area contributed by atoms with Crippen LogP contribution in [-0.4, -0.2) is 24.4 Å². The lowest BCUT2D eigenvalue weighted by Gasteiger charge is -2.20. The molecule has 3 rings (SSSR count). The van der Waals surface area contributed by atoms with E-state index in [9.17, 15) is 14.0 Å². The fourth-order valence-corrected chi connectivity index (χ4v) is 3.15. The van der Waals surface area contributed by atoms with Crippen molar-refractivity contribution < 1.29 is 18.7 Å². The molecule has 0 fully saturated rings. The molecule has 2 N–H and O–H groups in total. The molecule has 2 amide bonds. The van der Waals surface area contributed by atoms with Crippen LogP contribution in [0.15, 0.2) is 61.2 Å². The minimum Gasteiger partial charge on any atom is -0.495 e. The number of rotatable bonds is 8. The van der Waals surface area contributed by atoms with E-state index in [0.29, 0.717) is 40.4 Å². The number of halogens is 1. The number of aromatic nitrogens is 1. The summed E-state index contributed by atoms with van der Waals surface area (Å²) in [6.07, 6.45) is 0.619. The highest BCUT2D eigenvalue weighted by Crippen LogP contribution is 2.30. The highest BCUT2D eigenvalue weighted by atomic mass is 19.1. The first-order valence-corrected chi connectivity index (χ1v) is 9.45. The van der Waals surface area contributed by atoms with E-state index >= 15 is 0 Å². The number of anilines is 1. The van der Waals surface area contributed by atoms with Crippen LogP contribution in [0.2, 0.25) is 0 Å². The molecule has 0 saturated heterocycles. The number of allylic oxidation sites excluding steroid dienone is 1. The lowest BCUT2D eigenvalue weighted by Crippen LogP contribution is -2.21. The van der Waals surface area contributed by atoms with E-state index in [0.717, 1.165) is 11.1 Å². The number of carbonyl (C=O) groups excluding carboxylic acids is 2. The number of primary amides is 1. The van der Waals surface area contributed by atoms with Crippen LogP contribution in [0, 0.1) is 5.82 Å². The smallest absolute Gasteiger partial charge is 0.250 e. The molecule has 31 heavy (non-hydrogen) atoms. The largest absolute Gasteiger partial charge is 0.495 e. The number of hydrogen-bond donors (Lipinski definition) is 1. The highest BCUT2D eigenvalue weighted by molar-refractivity contribution is 5.99. The van der Waals surface area contributed by atoms with Crippen LogP contribution >= 0.6 is 0 Å². The monoisotopic (exact) mass is 419 g/mol. The second kappa shape index (κ2) is 9.21. The lowest BCUT2D eigenvalue weighted by molar-refractivity contribution is -0.107. The van der Waals surface area contributed by atoms with E-state index < -0.39 is 11.7 Å². The molecule has 0 aliphatic rings. The van der Waals surface area contributed by atoms with Gasteiger partial charge in [0.1, 0.15) is 11.6 Å². The van der Waals surface area contributed by atoms with Gasteiger partial charge in [-0.05, 0) is 42.3 Å². The zero-order chi connectivity index (χ0) is 22.5. The molecule has 0 saturated carbocycles. The molecule has 0 radical (unpaired) electrons. The van der Waals surface area contributed by atoms with Gasteiger partial charge in [0.25, 0.3) is 5.91 Å². The molecule has 0 spiro atoms. The summed E-state index contributed by atoms with van der Waals surface area (Å²) >= 11 is 0. The third kappa shape index (κ3) is 4.78. The Bertz CT molecular complexity index is 1140. The van der Waals surface area contributed by atoms with Crippen LogP contribution in [0.3, 0.4) is 0 Å². The van der Waals surface area contributed by atoms with Crippen LogP contribution < -0.4 is 15.4 Å². The summed E-state index contributed by atoms with van der Waals surface area (Å²) in [5.41, 5.74) is 9.50. The van der Waals surface area contributed by atoms with Crippen LogP contribution in [0.25, 0.3) is 16.8 Å². The van der Waals surface area contributed by atoms with Crippen molar-refractivity contribution in [2.45, 2.75) is 13.5 Å². The standard InChI is InChI=1S/C24H22FN3O3/c1-15(2)20-10-9-19(24(26)30)23(27-20)17-6-4-16(5-7-17)13-28(14-29)21-12-18(25)8-11-22(21)31-3/h4-12,14H,1,13H2,2-3H3,(H2,26,30). The second-order valence-electron chi connectivity index (χ2n) is 6.98. The van der Waals surface area contributed by atoms with E-state index in [1.165, 1.54) is 30.2 Å². The SMILES string of the molecule is C=C(C)c1ccc(C(N)=O)c(-c2ccc(CN(C=O)c3cc(F)ccc3OC)cc2)n1. The third-order valence-corrected chi connectivity index (χ3v) is 4.76. The van der Waals surface area contributed by atoms with Gasteiger partial charge in [0, 0.05) is 11.6 Å². The number of ether oxygens (including phenoxy) is 1. The lowest BCUT2D eigenvalue weighted by atomic mass is 10.0. The van der Waals surface area contributed by atoms with Crippen molar-refractivity contribution >= 4 is 23.6 Å². The summed E-state index contributed by atoms with van der Waals surface area (Å²) < 4.78 is 18.9. The molecular weight excluding hydrogens is 397 g/mol. The Morgan fingerprint density at radius 2 is 1.90 bits per heavy atom. The fourth-order valence-electron chi connectivity index (χ4n) is 3.15. The van der Waals surface area contributed by atoms with Crippen molar-refractivity contribution in [2.75, 3.05) is 12.0 Å². The summed E-state index contributed by atoms with van der Waals surface area (Å²) in [6, 6.07) is 14.5. The number of nitrogens with two attached hydrogens (primary N) is 1. The Morgan fingerprint density at radius 1 is 1.19 bits per heavy atom. The minimum absolute atomic E-state index is 0.200. The van der Waals surface area contributed by atoms with Crippen molar-refractivity contribution in [1.82, 2.24) is 4.98 Å². The predicted octanol–water partition coefficient (Wildman–Crippen LogP) is 4.19. The number of hydrogen-bond acceptors (Lipinski definition) is 4. The average Bonchev–Trinajstić information content (AvgIpc) is 2.77. The van der Waals surface area contributed by atoms with E-state index in [-0.39, 0.29) is 6.54 Å². The predicted molar refractivity (Wildman–Crippen MR) is 118 cm³/mol. The fraction of sp³-hybridized carbons (Fsp3) is 0.125. The quantitative estimate of drug-likeness (QED) is 0.555. The van der Waals surface area contributed by atoms with Crippen molar-refractivity contribution in [3.63, 3.8) is 0 Å². The normalized spacial score (nSPS) is 10.4. The zero-order valence-corrected chi connectivity index (χ0v) is 17.3. The van der Waals surface area contributed by atoms with Gasteiger partial charge in [-0.15, -0.1) is 0 Å². The zero-order valence-electron chi connectivity index (χ0n) is 17.3. The molecule has 1 heterocycles. The number of methoxy groups -OCH3 is 1. The topological polar surface area (TPSA) is 85.5 Å². The molecular formula is C24H22FN3O3. The number of carbonyl (C=O) groups is 2. The number of amides is 2. The summed E-state index contributed by atoms with van der Waals surface area (Å²) in [6.45, 7) is 5.91. The van der Waals surface area contributed by atoms with Gasteiger partial charge in [-0.3, -0.25) is 9.59 Å². The van der Waals surface area contributed by atoms with Gasteiger partial charge in [0.15, 0.2) is 0 Å². The van der Waals surface area contributed by atoms with Crippen molar-refractivity contribution in [3.05, 3.63) is 83.8 Å². The van der Waals surface area contributed by atoms with E-state index in [1.54, 1.807) is 36.4 Å². The number of benzene rings is 2. The molecule has 0 aliphatic carbocycles. The van der Waals surface area contributed by atoms with Gasteiger partial charge in [0.2, 0.25) is 6.41 Å². The van der Waals surface area contributed by atoms with Crippen LogP contribution in [0.5, 0.6) is 5.75 Å². The van der Waals surface area contributed by atoms with E-state index in [2.05, 4.69) is 11.6 Å². The second-order valence-corrected chi connectivity index (χ2v) is 6.98. The molecule has 2 aromatic carbocycles. The van der Waals surface area contributed by atoms with Crippen molar-refractivity contribution in [2.24, 2.45) is 5.73 Å². The van der Waals surface area contributed by atoms with Crippen molar-refractivity contribution in [3.8, 4) is 17.0 Å². The van der Waals surface area contributed by atoms with Gasteiger partial charge < -0.3 is 15.4 Å². The number of nitrogens with zero attached hydrogens (tertiary/aromatic N) is 2. The minimum atomic E-state index is -0.579. The molecule has 6 nitrogen and oxygen atoms in total. The molecule has 158 valence electrons. The Morgan fingerprint density at radius 3 is 2.48 bits per heavy atom. The molecule has 3 aromatic rings. The van der Waals surface area contributed by atoms with Gasteiger partial charge in [0.05, 0.1) is 36.3 Å². The van der Waals surface area contributed by atoms with Gasteiger partial charge in [-0.1, -0.05) is 30.8 Å².